The number of hydrogen-bond acceptors (Lipinski definition) is 3. The van der Waals surface area contributed by atoms with Gasteiger partial charge in [-0.15, -0.1) is 0 Å². The Hall–Kier alpha value is -1.62. The standard InChI is InChI=1S/C13H13BrN2O2/c1-8(2)18-10-5-3-9(4-6-10)12-13(14)16-11(7-17)15-12/h3-8H,1-2H3,(H,15,16). The van der Waals surface area contributed by atoms with Gasteiger partial charge < -0.3 is 9.72 Å². The number of aldehydes is 1. The Morgan fingerprint density at radius 3 is 2.50 bits per heavy atom. The Kier molecular flexibility index (Phi) is 3.81. The minimum Gasteiger partial charge on any atom is -0.491 e. The number of imidazole rings is 1. The summed E-state index contributed by atoms with van der Waals surface area (Å²) in [6.45, 7) is 3.96. The Labute approximate surface area is 114 Å². The van der Waals surface area contributed by atoms with Crippen molar-refractivity contribution in [3.63, 3.8) is 0 Å². The molecule has 1 N–H and O–H groups in total. The third-order valence-electron chi connectivity index (χ3n) is 2.29. The molecule has 2 rings (SSSR count). The molecule has 0 radical (unpaired) electrons. The van der Waals surface area contributed by atoms with Gasteiger partial charge in [-0.3, -0.25) is 4.79 Å². The molecule has 18 heavy (non-hydrogen) atoms. The van der Waals surface area contributed by atoms with Crippen molar-refractivity contribution in [1.82, 2.24) is 9.97 Å². The number of hydrogen-bond donors (Lipinski definition) is 1. The van der Waals surface area contributed by atoms with Crippen molar-refractivity contribution in [3.8, 4) is 17.0 Å². The van der Waals surface area contributed by atoms with Crippen LogP contribution in [0.3, 0.4) is 0 Å². The summed E-state index contributed by atoms with van der Waals surface area (Å²) in [5.41, 5.74) is 1.63. The molecular formula is C13H13BrN2O2. The minimum absolute atomic E-state index is 0.148. The van der Waals surface area contributed by atoms with Gasteiger partial charge in [-0.2, -0.15) is 0 Å². The first kappa shape index (κ1) is 12.8. The van der Waals surface area contributed by atoms with E-state index < -0.39 is 0 Å². The van der Waals surface area contributed by atoms with Gasteiger partial charge in [-0.1, -0.05) is 0 Å². The first-order valence-electron chi connectivity index (χ1n) is 5.58. The average molecular weight is 309 g/mol. The van der Waals surface area contributed by atoms with E-state index in [1.807, 2.05) is 38.1 Å². The Morgan fingerprint density at radius 2 is 2.00 bits per heavy atom. The van der Waals surface area contributed by atoms with Crippen LogP contribution in [0.4, 0.5) is 0 Å². The van der Waals surface area contributed by atoms with E-state index in [1.165, 1.54) is 0 Å². The maximum atomic E-state index is 10.6. The number of aromatic nitrogens is 2. The van der Waals surface area contributed by atoms with Crippen LogP contribution in [0.25, 0.3) is 11.3 Å². The summed E-state index contributed by atoms with van der Waals surface area (Å²) < 4.78 is 6.26. The number of H-pyrrole nitrogens is 1. The third-order valence-corrected chi connectivity index (χ3v) is 2.86. The maximum Gasteiger partial charge on any atom is 0.185 e. The fraction of sp³-hybridized carbons (Fsp3) is 0.231. The molecule has 0 aliphatic rings. The van der Waals surface area contributed by atoms with Crippen molar-refractivity contribution >= 4 is 22.2 Å². The summed E-state index contributed by atoms with van der Waals surface area (Å²) in [7, 11) is 0. The molecule has 0 amide bonds. The number of ether oxygens (including phenoxy) is 1. The zero-order valence-electron chi connectivity index (χ0n) is 10.1. The summed E-state index contributed by atoms with van der Waals surface area (Å²) in [5.74, 6) is 1.12. The molecule has 1 heterocycles. The number of halogens is 1. The van der Waals surface area contributed by atoms with E-state index >= 15 is 0 Å². The Bertz CT molecular complexity index is 547. The topological polar surface area (TPSA) is 55.0 Å². The van der Waals surface area contributed by atoms with Crippen LogP contribution in [0, 0.1) is 0 Å². The number of rotatable bonds is 4. The first-order chi connectivity index (χ1) is 8.60. The second-order valence-corrected chi connectivity index (χ2v) is 4.89. The van der Waals surface area contributed by atoms with Crippen molar-refractivity contribution in [2.75, 3.05) is 0 Å². The van der Waals surface area contributed by atoms with Crippen LogP contribution in [-0.4, -0.2) is 22.4 Å². The van der Waals surface area contributed by atoms with Crippen LogP contribution in [-0.2, 0) is 0 Å². The van der Waals surface area contributed by atoms with Gasteiger partial charge in [0.25, 0.3) is 0 Å². The zero-order chi connectivity index (χ0) is 13.1. The molecule has 1 aromatic carbocycles. The van der Waals surface area contributed by atoms with Crippen molar-refractivity contribution in [2.45, 2.75) is 20.0 Å². The molecule has 0 saturated carbocycles. The molecular weight excluding hydrogens is 296 g/mol. The highest BCUT2D eigenvalue weighted by Crippen LogP contribution is 2.27. The highest BCUT2D eigenvalue weighted by atomic mass is 79.9. The maximum absolute atomic E-state index is 10.6. The van der Waals surface area contributed by atoms with Crippen LogP contribution in [0.5, 0.6) is 5.75 Å². The largest absolute Gasteiger partial charge is 0.491 e. The smallest absolute Gasteiger partial charge is 0.185 e. The van der Waals surface area contributed by atoms with E-state index in [0.717, 1.165) is 11.3 Å². The van der Waals surface area contributed by atoms with Crippen molar-refractivity contribution in [1.29, 1.82) is 0 Å². The van der Waals surface area contributed by atoms with Crippen LogP contribution >= 0.6 is 15.9 Å². The van der Waals surface area contributed by atoms with E-state index in [0.29, 0.717) is 22.4 Å². The minimum atomic E-state index is 0.148. The quantitative estimate of drug-likeness (QED) is 0.880. The van der Waals surface area contributed by atoms with Crippen LogP contribution in [0.2, 0.25) is 0 Å². The second-order valence-electron chi connectivity index (χ2n) is 4.09. The van der Waals surface area contributed by atoms with Gasteiger partial charge in [0.15, 0.2) is 12.1 Å². The van der Waals surface area contributed by atoms with E-state index in [2.05, 4.69) is 25.9 Å². The van der Waals surface area contributed by atoms with Crippen LogP contribution < -0.4 is 4.74 Å². The van der Waals surface area contributed by atoms with Crippen molar-refractivity contribution < 1.29 is 9.53 Å². The normalized spacial score (nSPS) is 10.7. The van der Waals surface area contributed by atoms with E-state index in [-0.39, 0.29) is 6.10 Å². The summed E-state index contributed by atoms with van der Waals surface area (Å²) in [6.07, 6.45) is 0.833. The molecule has 0 aliphatic heterocycles. The average Bonchev–Trinajstić information content (AvgIpc) is 2.71. The SMILES string of the molecule is CC(C)Oc1ccc(-c2nc(C=O)[nH]c2Br)cc1. The number of carbonyl (C=O) groups excluding carboxylic acids is 1. The Morgan fingerprint density at radius 1 is 1.33 bits per heavy atom. The van der Waals surface area contributed by atoms with Gasteiger partial charge in [0.05, 0.1) is 6.10 Å². The number of carbonyl (C=O) groups is 1. The fourth-order valence-corrected chi connectivity index (χ4v) is 2.10. The summed E-state index contributed by atoms with van der Waals surface area (Å²) in [6, 6.07) is 7.59. The third kappa shape index (κ3) is 2.79. The van der Waals surface area contributed by atoms with Crippen molar-refractivity contribution in [3.05, 3.63) is 34.7 Å². The van der Waals surface area contributed by atoms with Gasteiger partial charge in [0.2, 0.25) is 0 Å². The molecule has 0 aliphatic carbocycles. The molecule has 0 fully saturated rings. The van der Waals surface area contributed by atoms with Gasteiger partial charge >= 0.3 is 0 Å². The molecule has 0 spiro atoms. The lowest BCUT2D eigenvalue weighted by Gasteiger charge is -2.09. The molecule has 4 nitrogen and oxygen atoms in total. The molecule has 1 aromatic heterocycles. The summed E-state index contributed by atoms with van der Waals surface area (Å²) >= 11 is 3.35. The Balaban J connectivity index is 2.28. The van der Waals surface area contributed by atoms with Gasteiger partial charge in [-0.25, -0.2) is 4.98 Å². The lowest BCUT2D eigenvalue weighted by molar-refractivity contribution is 0.111. The highest BCUT2D eigenvalue weighted by molar-refractivity contribution is 9.10. The summed E-state index contributed by atoms with van der Waals surface area (Å²) in [5, 5.41) is 0. The predicted octanol–water partition coefficient (Wildman–Crippen LogP) is 3.44. The number of benzene rings is 1. The molecule has 0 unspecified atom stereocenters. The lowest BCUT2D eigenvalue weighted by Crippen LogP contribution is -2.05. The van der Waals surface area contributed by atoms with Gasteiger partial charge in [-0.05, 0) is 54.0 Å². The fourth-order valence-electron chi connectivity index (χ4n) is 1.58. The first-order valence-corrected chi connectivity index (χ1v) is 6.37. The van der Waals surface area contributed by atoms with Crippen LogP contribution in [0.1, 0.15) is 24.5 Å². The second kappa shape index (κ2) is 5.35. The molecule has 5 heteroatoms. The van der Waals surface area contributed by atoms with E-state index in [9.17, 15) is 4.79 Å². The van der Waals surface area contributed by atoms with Crippen molar-refractivity contribution in [2.24, 2.45) is 0 Å². The number of aromatic amines is 1. The van der Waals surface area contributed by atoms with Gasteiger partial charge in [0, 0.05) is 5.56 Å². The molecule has 2 aromatic rings. The number of nitrogens with one attached hydrogen (secondary N) is 1. The molecule has 0 atom stereocenters. The van der Waals surface area contributed by atoms with E-state index in [4.69, 9.17) is 4.74 Å². The predicted molar refractivity (Wildman–Crippen MR) is 72.9 cm³/mol. The zero-order valence-corrected chi connectivity index (χ0v) is 11.7. The molecule has 0 saturated heterocycles. The molecule has 94 valence electrons. The van der Waals surface area contributed by atoms with Gasteiger partial charge in [0.1, 0.15) is 16.0 Å². The van der Waals surface area contributed by atoms with Crippen LogP contribution in [0.15, 0.2) is 28.9 Å². The lowest BCUT2D eigenvalue weighted by atomic mass is 10.1. The highest BCUT2D eigenvalue weighted by Gasteiger charge is 2.09. The molecule has 0 bridgehead atoms. The number of nitrogens with zero attached hydrogens (tertiary/aromatic N) is 1. The van der Waals surface area contributed by atoms with E-state index in [1.54, 1.807) is 0 Å². The monoisotopic (exact) mass is 308 g/mol. The summed E-state index contributed by atoms with van der Waals surface area (Å²) in [4.78, 5) is 17.7.